The molecular formula is C36H46O2. The smallest absolute Gasteiger partial charge is 0.171 e. The van der Waals surface area contributed by atoms with E-state index in [1.54, 1.807) is 0 Å². The third-order valence-electron chi connectivity index (χ3n) is 9.41. The average Bonchev–Trinajstić information content (AvgIpc) is 3.68. The summed E-state index contributed by atoms with van der Waals surface area (Å²) in [6, 6.07) is 7.48. The van der Waals surface area contributed by atoms with Crippen molar-refractivity contribution in [1.82, 2.24) is 0 Å². The normalized spacial score (nSPS) is 26.8. The molecule has 2 nitrogen and oxygen atoms in total. The lowest BCUT2D eigenvalue weighted by Gasteiger charge is -2.51. The van der Waals surface area contributed by atoms with Gasteiger partial charge in [-0.1, -0.05) is 89.4 Å². The zero-order valence-corrected chi connectivity index (χ0v) is 24.5. The van der Waals surface area contributed by atoms with Crippen LogP contribution in [0.1, 0.15) is 120 Å². The minimum absolute atomic E-state index is 0.168. The van der Waals surface area contributed by atoms with E-state index in [1.165, 1.54) is 27.9 Å². The van der Waals surface area contributed by atoms with E-state index in [4.69, 9.17) is 0 Å². The van der Waals surface area contributed by atoms with Crippen LogP contribution in [0.4, 0.5) is 0 Å². The van der Waals surface area contributed by atoms with Gasteiger partial charge >= 0.3 is 0 Å². The second kappa shape index (κ2) is 11.6. The lowest BCUT2D eigenvalue weighted by Crippen LogP contribution is -2.56. The molecule has 0 spiro atoms. The van der Waals surface area contributed by atoms with Gasteiger partial charge in [-0.3, -0.25) is 9.59 Å². The maximum Gasteiger partial charge on any atom is 0.171 e. The van der Waals surface area contributed by atoms with Crippen LogP contribution >= 0.6 is 0 Å². The molecule has 0 saturated heterocycles. The number of benzene rings is 1. The molecule has 0 N–H and O–H groups in total. The molecule has 1 aromatic rings. The van der Waals surface area contributed by atoms with Crippen molar-refractivity contribution in [1.29, 1.82) is 0 Å². The summed E-state index contributed by atoms with van der Waals surface area (Å²) in [4.78, 5) is 27.9. The monoisotopic (exact) mass is 510 g/mol. The summed E-state index contributed by atoms with van der Waals surface area (Å²) >= 11 is 0. The molecule has 3 atom stereocenters. The van der Waals surface area contributed by atoms with E-state index >= 15 is 0 Å². The maximum atomic E-state index is 14.0. The topological polar surface area (TPSA) is 34.1 Å². The van der Waals surface area contributed by atoms with Gasteiger partial charge in [-0.15, -0.1) is 0 Å². The molecule has 1 aromatic carbocycles. The lowest BCUT2D eigenvalue weighted by atomic mass is 9.48. The lowest BCUT2D eigenvalue weighted by molar-refractivity contribution is 0.0207. The Morgan fingerprint density at radius 1 is 0.789 bits per heavy atom. The first kappa shape index (κ1) is 28.3. The fourth-order valence-electron chi connectivity index (χ4n) is 6.67. The van der Waals surface area contributed by atoms with E-state index in [2.05, 4.69) is 71.9 Å². The molecule has 1 fully saturated rings. The number of Topliss-reactive ketones (excluding diaryl/α,β-unsaturated/α-hetero) is 2. The molecular weight excluding hydrogens is 464 g/mol. The van der Waals surface area contributed by atoms with Crippen LogP contribution in [0, 0.1) is 16.7 Å². The second-order valence-electron chi connectivity index (χ2n) is 12.5. The van der Waals surface area contributed by atoms with Crippen LogP contribution in [-0.4, -0.2) is 11.6 Å². The number of hydrogen-bond donors (Lipinski definition) is 0. The first-order chi connectivity index (χ1) is 18.1. The van der Waals surface area contributed by atoms with Crippen molar-refractivity contribution in [2.24, 2.45) is 16.7 Å². The molecule has 38 heavy (non-hydrogen) atoms. The SMILES string of the molecule is CC(C)=CCCC(C)=CCCC(C)=CCCC(C)=CC[C@@]12CC=C3C[C@@H]3[C@]1(C)C(=O)c1ccccc1C2=O. The van der Waals surface area contributed by atoms with Crippen molar-refractivity contribution in [3.8, 4) is 0 Å². The van der Waals surface area contributed by atoms with Gasteiger partial charge in [-0.2, -0.15) is 0 Å². The molecule has 3 aliphatic carbocycles. The zero-order chi connectivity index (χ0) is 27.5. The van der Waals surface area contributed by atoms with Gasteiger partial charge in [0.1, 0.15) is 0 Å². The van der Waals surface area contributed by atoms with Gasteiger partial charge in [0.15, 0.2) is 11.6 Å². The molecule has 4 rings (SSSR count). The van der Waals surface area contributed by atoms with Crippen LogP contribution in [-0.2, 0) is 0 Å². The fourth-order valence-corrected chi connectivity index (χ4v) is 6.67. The highest BCUT2D eigenvalue weighted by Gasteiger charge is 2.68. The standard InChI is InChI=1S/C36H46O2/c1-25(2)12-9-13-26(3)14-10-15-27(4)16-11-17-28(5)20-22-36-23-21-29-24-32(29)35(36,6)33(37)30-18-7-8-19-31(30)34(36)38/h7-8,12,14,16,18-21,32H,9-11,13,15,17,22-24H2,1-6H3/t32-,35+,36-/m0/s1. The Labute approximate surface area is 230 Å². The summed E-state index contributed by atoms with van der Waals surface area (Å²) in [5.41, 5.74) is 6.97. The minimum Gasteiger partial charge on any atom is -0.293 e. The van der Waals surface area contributed by atoms with Crippen LogP contribution in [0.2, 0.25) is 0 Å². The van der Waals surface area contributed by atoms with E-state index in [1.807, 2.05) is 24.3 Å². The highest BCUT2D eigenvalue weighted by Crippen LogP contribution is 2.68. The summed E-state index contributed by atoms with van der Waals surface area (Å²) in [6.07, 6.45) is 20.4. The first-order valence-corrected chi connectivity index (χ1v) is 14.6. The van der Waals surface area contributed by atoms with Gasteiger partial charge in [0, 0.05) is 11.1 Å². The van der Waals surface area contributed by atoms with Crippen molar-refractivity contribution in [2.45, 2.75) is 99.3 Å². The zero-order valence-electron chi connectivity index (χ0n) is 24.5. The Hall–Kier alpha value is -2.74. The van der Waals surface area contributed by atoms with Crippen LogP contribution in [0.25, 0.3) is 0 Å². The number of fused-ring (bicyclic) bond motifs is 4. The van der Waals surface area contributed by atoms with E-state index in [0.29, 0.717) is 24.0 Å². The van der Waals surface area contributed by atoms with E-state index in [-0.39, 0.29) is 17.5 Å². The highest BCUT2D eigenvalue weighted by molar-refractivity contribution is 6.20. The summed E-state index contributed by atoms with van der Waals surface area (Å²) in [7, 11) is 0. The van der Waals surface area contributed by atoms with E-state index in [9.17, 15) is 9.59 Å². The van der Waals surface area contributed by atoms with Crippen LogP contribution in [0.15, 0.2) is 82.5 Å². The van der Waals surface area contributed by atoms with Crippen LogP contribution < -0.4 is 0 Å². The van der Waals surface area contributed by atoms with Gasteiger partial charge in [0.25, 0.3) is 0 Å². The molecule has 2 heteroatoms. The average molecular weight is 511 g/mol. The van der Waals surface area contributed by atoms with Gasteiger partial charge in [0.05, 0.1) is 10.8 Å². The predicted molar refractivity (Wildman–Crippen MR) is 159 cm³/mol. The molecule has 0 bridgehead atoms. The summed E-state index contributed by atoms with van der Waals surface area (Å²) < 4.78 is 0. The molecule has 0 aromatic heterocycles. The Balaban J connectivity index is 1.37. The van der Waals surface area contributed by atoms with Crippen molar-refractivity contribution < 1.29 is 9.59 Å². The predicted octanol–water partition coefficient (Wildman–Crippen LogP) is 9.94. The van der Waals surface area contributed by atoms with Gasteiger partial charge in [0.2, 0.25) is 0 Å². The third-order valence-corrected chi connectivity index (χ3v) is 9.41. The van der Waals surface area contributed by atoms with Crippen molar-refractivity contribution in [3.63, 3.8) is 0 Å². The number of carbonyl (C=O) groups excluding carboxylic acids is 2. The molecule has 0 heterocycles. The quantitative estimate of drug-likeness (QED) is 0.278. The Bertz CT molecular complexity index is 1250. The summed E-state index contributed by atoms with van der Waals surface area (Å²) in [6.45, 7) is 13.1. The molecule has 0 amide bonds. The maximum absolute atomic E-state index is 14.0. The molecule has 0 radical (unpaired) electrons. The van der Waals surface area contributed by atoms with E-state index < -0.39 is 10.8 Å². The van der Waals surface area contributed by atoms with Gasteiger partial charge in [-0.05, 0) is 98.3 Å². The third kappa shape index (κ3) is 5.51. The second-order valence-corrected chi connectivity index (χ2v) is 12.5. The van der Waals surface area contributed by atoms with Crippen molar-refractivity contribution in [2.75, 3.05) is 0 Å². The van der Waals surface area contributed by atoms with Crippen molar-refractivity contribution in [3.05, 3.63) is 93.6 Å². The van der Waals surface area contributed by atoms with Crippen molar-refractivity contribution >= 4 is 11.6 Å². The largest absolute Gasteiger partial charge is 0.293 e. The molecule has 3 aliphatic rings. The number of hydrogen-bond acceptors (Lipinski definition) is 2. The van der Waals surface area contributed by atoms with Gasteiger partial charge < -0.3 is 0 Å². The fraction of sp³-hybridized carbons (Fsp3) is 0.500. The number of rotatable bonds is 11. The molecule has 0 aliphatic heterocycles. The Kier molecular flexibility index (Phi) is 8.60. The molecule has 1 saturated carbocycles. The number of ketones is 2. The molecule has 202 valence electrons. The minimum atomic E-state index is -0.661. The Morgan fingerprint density at radius 2 is 1.32 bits per heavy atom. The van der Waals surface area contributed by atoms with Crippen LogP contribution in [0.3, 0.4) is 0 Å². The van der Waals surface area contributed by atoms with E-state index in [0.717, 1.165) is 44.9 Å². The number of carbonyl (C=O) groups is 2. The summed E-state index contributed by atoms with van der Waals surface area (Å²) in [5, 5.41) is 0. The number of allylic oxidation sites excluding steroid dienone is 10. The highest BCUT2D eigenvalue weighted by atomic mass is 16.1. The first-order valence-electron chi connectivity index (χ1n) is 14.6. The summed E-state index contributed by atoms with van der Waals surface area (Å²) in [5.74, 6) is 0.568. The molecule has 0 unspecified atom stereocenters. The van der Waals surface area contributed by atoms with Gasteiger partial charge in [-0.25, -0.2) is 0 Å². The van der Waals surface area contributed by atoms with Crippen LogP contribution in [0.5, 0.6) is 0 Å². The Morgan fingerprint density at radius 3 is 1.89 bits per heavy atom.